The number of alkyl halides is 3. The summed E-state index contributed by atoms with van der Waals surface area (Å²) in [6.07, 6.45) is -4.87. The normalized spacial score (nSPS) is 19.0. The van der Waals surface area contributed by atoms with E-state index >= 15 is 0 Å². The number of amides is 1. The van der Waals surface area contributed by atoms with E-state index in [0.29, 0.717) is 18.2 Å². The molecule has 1 aromatic rings. The number of hydrogen-bond acceptors (Lipinski definition) is 3. The Bertz CT molecular complexity index is 585. The molecule has 1 aliphatic rings. The second kappa shape index (κ2) is 5.34. The molecular weight excluding hydrogens is 294 g/mol. The maximum absolute atomic E-state index is 13.7. The number of hydrogen-bond donors (Lipinski definition) is 0. The molecule has 1 atom stereocenters. The van der Waals surface area contributed by atoms with Crippen LogP contribution in [-0.2, 0) is 20.5 Å². The van der Waals surface area contributed by atoms with E-state index in [2.05, 4.69) is 4.74 Å². The number of esters is 1. The molecule has 1 fully saturated rings. The van der Waals surface area contributed by atoms with Gasteiger partial charge >= 0.3 is 12.1 Å². The molecule has 1 saturated heterocycles. The molecule has 0 bridgehead atoms. The van der Waals surface area contributed by atoms with Gasteiger partial charge in [0, 0.05) is 13.0 Å². The van der Waals surface area contributed by atoms with Gasteiger partial charge in [-0.05, 0) is 18.2 Å². The van der Waals surface area contributed by atoms with Crippen LogP contribution < -0.4 is 4.90 Å². The molecule has 0 N–H and O–H groups in total. The van der Waals surface area contributed by atoms with E-state index in [1.54, 1.807) is 0 Å². The van der Waals surface area contributed by atoms with Crippen LogP contribution >= 0.6 is 0 Å². The van der Waals surface area contributed by atoms with Gasteiger partial charge < -0.3 is 9.64 Å². The Kier molecular flexibility index (Phi) is 3.89. The van der Waals surface area contributed by atoms with Crippen LogP contribution in [-0.4, -0.2) is 25.5 Å². The van der Waals surface area contributed by atoms with Gasteiger partial charge in [-0.15, -0.1) is 0 Å². The topological polar surface area (TPSA) is 46.6 Å². The van der Waals surface area contributed by atoms with E-state index in [9.17, 15) is 27.2 Å². The molecule has 21 heavy (non-hydrogen) atoms. The Morgan fingerprint density at radius 2 is 2.05 bits per heavy atom. The number of anilines is 1. The lowest BCUT2D eigenvalue weighted by atomic mass is 10.1. The highest BCUT2D eigenvalue weighted by molar-refractivity contribution is 5.99. The van der Waals surface area contributed by atoms with Crippen molar-refractivity contribution in [2.45, 2.75) is 12.6 Å². The van der Waals surface area contributed by atoms with Crippen molar-refractivity contribution >= 4 is 17.6 Å². The van der Waals surface area contributed by atoms with Gasteiger partial charge in [-0.2, -0.15) is 13.2 Å². The number of rotatable bonds is 2. The fraction of sp³-hybridized carbons (Fsp3) is 0.385. The minimum Gasteiger partial charge on any atom is -0.469 e. The summed E-state index contributed by atoms with van der Waals surface area (Å²) in [7, 11) is 1.14. The van der Waals surface area contributed by atoms with Gasteiger partial charge in [0.25, 0.3) is 0 Å². The van der Waals surface area contributed by atoms with Crippen LogP contribution in [0.15, 0.2) is 18.2 Å². The molecule has 1 heterocycles. The smallest absolute Gasteiger partial charge is 0.416 e. The predicted octanol–water partition coefficient (Wildman–Crippen LogP) is 2.37. The number of carbonyl (C=O) groups is 2. The van der Waals surface area contributed by atoms with E-state index in [1.807, 2.05) is 0 Å². The van der Waals surface area contributed by atoms with Crippen molar-refractivity contribution in [2.75, 3.05) is 18.6 Å². The number of halogens is 4. The maximum Gasteiger partial charge on any atom is 0.416 e. The number of nitrogens with zero attached hydrogens (tertiary/aromatic N) is 1. The Labute approximate surface area is 117 Å². The summed E-state index contributed by atoms with van der Waals surface area (Å²) >= 11 is 0. The van der Waals surface area contributed by atoms with E-state index in [4.69, 9.17) is 0 Å². The van der Waals surface area contributed by atoms with E-state index < -0.39 is 41.0 Å². The SMILES string of the molecule is COC(=O)C1CC(=O)N(c2cc(C(F)(F)F)ccc2F)C1. The van der Waals surface area contributed by atoms with E-state index in [1.165, 1.54) is 0 Å². The molecular formula is C13H11F4NO3. The predicted molar refractivity (Wildman–Crippen MR) is 63.9 cm³/mol. The van der Waals surface area contributed by atoms with Gasteiger partial charge in [0.15, 0.2) is 0 Å². The Balaban J connectivity index is 2.34. The lowest BCUT2D eigenvalue weighted by Crippen LogP contribution is -2.27. The zero-order valence-corrected chi connectivity index (χ0v) is 10.9. The summed E-state index contributed by atoms with van der Waals surface area (Å²) in [6.45, 7) is -0.205. The largest absolute Gasteiger partial charge is 0.469 e. The van der Waals surface area contributed by atoms with Crippen molar-refractivity contribution in [3.8, 4) is 0 Å². The van der Waals surface area contributed by atoms with Gasteiger partial charge in [-0.1, -0.05) is 0 Å². The van der Waals surface area contributed by atoms with Gasteiger partial charge in [0.2, 0.25) is 5.91 Å². The minimum atomic E-state index is -4.65. The molecule has 1 amide bonds. The summed E-state index contributed by atoms with van der Waals surface area (Å²) in [5.74, 6) is -3.04. The summed E-state index contributed by atoms with van der Waals surface area (Å²) in [5, 5.41) is 0. The second-order valence-corrected chi connectivity index (χ2v) is 4.59. The quantitative estimate of drug-likeness (QED) is 0.622. The van der Waals surface area contributed by atoms with Crippen molar-refractivity contribution in [3.63, 3.8) is 0 Å². The van der Waals surface area contributed by atoms with Gasteiger partial charge in [-0.25, -0.2) is 4.39 Å². The average Bonchev–Trinajstić information content (AvgIpc) is 2.79. The summed E-state index contributed by atoms with van der Waals surface area (Å²) in [4.78, 5) is 24.0. The summed E-state index contributed by atoms with van der Waals surface area (Å²) < 4.78 is 56.1. The first-order valence-electron chi connectivity index (χ1n) is 5.99. The molecule has 114 valence electrons. The molecule has 0 radical (unpaired) electrons. The van der Waals surface area contributed by atoms with Crippen LogP contribution in [0.2, 0.25) is 0 Å². The van der Waals surface area contributed by atoms with Crippen molar-refractivity contribution in [2.24, 2.45) is 5.92 Å². The molecule has 0 spiro atoms. The van der Waals surface area contributed by atoms with Gasteiger partial charge in [0.1, 0.15) is 5.82 Å². The third-order valence-electron chi connectivity index (χ3n) is 3.22. The minimum absolute atomic E-state index is 0.205. The lowest BCUT2D eigenvalue weighted by molar-refractivity contribution is -0.145. The van der Waals surface area contributed by atoms with Gasteiger partial charge in [0.05, 0.1) is 24.3 Å². The Morgan fingerprint density at radius 3 is 2.62 bits per heavy atom. The first kappa shape index (κ1) is 15.3. The molecule has 0 saturated carbocycles. The summed E-state index contributed by atoms with van der Waals surface area (Å²) in [5.41, 5.74) is -1.55. The molecule has 0 aromatic heterocycles. The fourth-order valence-corrected chi connectivity index (χ4v) is 2.16. The van der Waals surface area contributed by atoms with Crippen molar-refractivity contribution in [3.05, 3.63) is 29.6 Å². The fourth-order valence-electron chi connectivity index (χ4n) is 2.16. The van der Waals surface area contributed by atoms with Crippen LogP contribution in [0.25, 0.3) is 0 Å². The average molecular weight is 305 g/mol. The lowest BCUT2D eigenvalue weighted by Gasteiger charge is -2.18. The van der Waals surface area contributed by atoms with Crippen molar-refractivity contribution in [1.29, 1.82) is 0 Å². The van der Waals surface area contributed by atoms with E-state index in [0.717, 1.165) is 12.0 Å². The number of methoxy groups -OCH3 is 1. The molecule has 1 unspecified atom stereocenters. The molecule has 1 aliphatic heterocycles. The van der Waals surface area contributed by atoms with Crippen LogP contribution in [0.3, 0.4) is 0 Å². The first-order valence-corrected chi connectivity index (χ1v) is 5.99. The van der Waals surface area contributed by atoms with Crippen molar-refractivity contribution in [1.82, 2.24) is 0 Å². The Hall–Kier alpha value is -2.12. The number of ether oxygens (including phenoxy) is 1. The first-order chi connectivity index (χ1) is 9.74. The molecule has 0 aliphatic carbocycles. The highest BCUT2D eigenvalue weighted by atomic mass is 19.4. The van der Waals surface area contributed by atoms with Crippen LogP contribution in [0.4, 0.5) is 23.2 Å². The maximum atomic E-state index is 13.7. The molecule has 4 nitrogen and oxygen atoms in total. The second-order valence-electron chi connectivity index (χ2n) is 4.59. The Morgan fingerprint density at radius 1 is 1.38 bits per heavy atom. The standard InChI is InChI=1S/C13H11F4NO3/c1-21-12(20)7-4-11(19)18(6-7)10-5-8(13(15,16)17)2-3-9(10)14/h2-3,5,7H,4,6H2,1H3. The van der Waals surface area contributed by atoms with E-state index in [-0.39, 0.29) is 13.0 Å². The highest BCUT2D eigenvalue weighted by Gasteiger charge is 2.38. The van der Waals surface area contributed by atoms with Crippen LogP contribution in [0.1, 0.15) is 12.0 Å². The van der Waals surface area contributed by atoms with Gasteiger partial charge in [-0.3, -0.25) is 9.59 Å². The number of carbonyl (C=O) groups excluding carboxylic acids is 2. The molecule has 2 rings (SSSR count). The van der Waals surface area contributed by atoms with Crippen LogP contribution in [0.5, 0.6) is 0 Å². The zero-order chi connectivity index (χ0) is 15.8. The number of benzene rings is 1. The molecule has 8 heteroatoms. The zero-order valence-electron chi connectivity index (χ0n) is 10.9. The van der Waals surface area contributed by atoms with Crippen molar-refractivity contribution < 1.29 is 31.9 Å². The van der Waals surface area contributed by atoms with Crippen LogP contribution in [0, 0.1) is 11.7 Å². The summed E-state index contributed by atoms with van der Waals surface area (Å²) in [6, 6.07) is 1.81. The third kappa shape index (κ3) is 2.98. The monoisotopic (exact) mass is 305 g/mol. The highest BCUT2D eigenvalue weighted by Crippen LogP contribution is 2.35. The third-order valence-corrected chi connectivity index (χ3v) is 3.22. The molecule has 1 aromatic carbocycles.